The zero-order valence-electron chi connectivity index (χ0n) is 14.6. The number of carbonyl (C=O) groups is 2. The van der Waals surface area contributed by atoms with Crippen LogP contribution in [-0.4, -0.2) is 71.9 Å². The van der Waals surface area contributed by atoms with Crippen LogP contribution in [0.3, 0.4) is 0 Å². The Morgan fingerprint density at radius 1 is 1.12 bits per heavy atom. The molecule has 2 amide bonds. The van der Waals surface area contributed by atoms with Crippen LogP contribution in [0.1, 0.15) is 26.6 Å². The number of anilines is 1. The lowest BCUT2D eigenvalue weighted by Gasteiger charge is -2.34. The fourth-order valence-corrected chi connectivity index (χ4v) is 2.72. The van der Waals surface area contributed by atoms with E-state index in [1.54, 1.807) is 40.0 Å². The van der Waals surface area contributed by atoms with Crippen LogP contribution in [0, 0.1) is 6.92 Å². The molecule has 1 fully saturated rings. The number of piperazine rings is 1. The molecule has 2 aromatic heterocycles. The predicted octanol–water partition coefficient (Wildman–Crippen LogP) is 1.04. The van der Waals surface area contributed by atoms with Gasteiger partial charge in [0.05, 0.1) is 17.5 Å². The van der Waals surface area contributed by atoms with Crippen LogP contribution < -0.4 is 4.90 Å². The maximum atomic E-state index is 12.7. The highest BCUT2D eigenvalue weighted by Gasteiger charge is 2.27. The molecule has 25 heavy (non-hydrogen) atoms. The van der Waals surface area contributed by atoms with Crippen LogP contribution in [0.5, 0.6) is 0 Å². The second-order valence-electron chi connectivity index (χ2n) is 6.13. The molecule has 0 bridgehead atoms. The van der Waals surface area contributed by atoms with E-state index in [9.17, 15) is 9.59 Å². The van der Waals surface area contributed by atoms with E-state index in [0.717, 1.165) is 0 Å². The van der Waals surface area contributed by atoms with Crippen molar-refractivity contribution in [1.29, 1.82) is 0 Å². The Morgan fingerprint density at radius 2 is 1.76 bits per heavy atom. The molecule has 0 unspecified atom stereocenters. The molecule has 0 aromatic carbocycles. The van der Waals surface area contributed by atoms with Gasteiger partial charge in [-0.2, -0.15) is 0 Å². The van der Waals surface area contributed by atoms with Crippen molar-refractivity contribution in [2.45, 2.75) is 6.92 Å². The van der Waals surface area contributed by atoms with Crippen LogP contribution >= 0.6 is 0 Å². The Kier molecular flexibility index (Phi) is 4.69. The topological polar surface area (TPSA) is 82.8 Å². The molecule has 8 nitrogen and oxygen atoms in total. The molecule has 3 heterocycles. The number of aromatic nitrogens is 2. The molecule has 2 aromatic rings. The lowest BCUT2D eigenvalue weighted by molar-refractivity contribution is 0.0517. The average molecular weight is 343 g/mol. The Balaban J connectivity index is 1.65. The fourth-order valence-electron chi connectivity index (χ4n) is 2.72. The largest absolute Gasteiger partial charge is 0.459 e. The third-order valence-corrected chi connectivity index (χ3v) is 4.18. The highest BCUT2D eigenvalue weighted by atomic mass is 16.3. The molecule has 8 heteroatoms. The molecule has 0 N–H and O–H groups in total. The van der Waals surface area contributed by atoms with Crippen molar-refractivity contribution in [1.82, 2.24) is 19.8 Å². The van der Waals surface area contributed by atoms with Crippen LogP contribution in [0.25, 0.3) is 0 Å². The summed E-state index contributed by atoms with van der Waals surface area (Å²) in [5, 5.41) is 0. The van der Waals surface area contributed by atoms with Gasteiger partial charge in [0, 0.05) is 46.5 Å². The summed E-state index contributed by atoms with van der Waals surface area (Å²) in [7, 11) is 3.71. The van der Waals surface area contributed by atoms with Gasteiger partial charge in [0.25, 0.3) is 11.8 Å². The van der Waals surface area contributed by atoms with Crippen molar-refractivity contribution < 1.29 is 14.0 Å². The molecule has 0 saturated carbocycles. The fraction of sp³-hybridized carbons (Fsp3) is 0.412. The van der Waals surface area contributed by atoms with Gasteiger partial charge in [-0.3, -0.25) is 9.59 Å². The van der Waals surface area contributed by atoms with Crippen LogP contribution in [0.4, 0.5) is 5.95 Å². The van der Waals surface area contributed by atoms with E-state index in [2.05, 4.69) is 9.97 Å². The van der Waals surface area contributed by atoms with E-state index < -0.39 is 0 Å². The van der Waals surface area contributed by atoms with Crippen molar-refractivity contribution >= 4 is 17.8 Å². The Bertz CT molecular complexity index is 765. The van der Waals surface area contributed by atoms with Gasteiger partial charge in [-0.15, -0.1) is 0 Å². The van der Waals surface area contributed by atoms with E-state index in [1.807, 2.05) is 14.1 Å². The smallest absolute Gasteiger partial charge is 0.289 e. The van der Waals surface area contributed by atoms with Gasteiger partial charge in [-0.05, 0) is 19.1 Å². The van der Waals surface area contributed by atoms with Gasteiger partial charge < -0.3 is 19.1 Å². The highest BCUT2D eigenvalue weighted by molar-refractivity contribution is 5.95. The third-order valence-electron chi connectivity index (χ3n) is 4.18. The number of hydrogen-bond donors (Lipinski definition) is 0. The molecule has 0 radical (unpaired) electrons. The van der Waals surface area contributed by atoms with Crippen molar-refractivity contribution in [3.63, 3.8) is 0 Å². The maximum absolute atomic E-state index is 12.7. The van der Waals surface area contributed by atoms with Gasteiger partial charge in [0.1, 0.15) is 0 Å². The van der Waals surface area contributed by atoms with Gasteiger partial charge in [0.2, 0.25) is 5.95 Å². The molecule has 3 rings (SSSR count). The van der Waals surface area contributed by atoms with E-state index in [1.165, 1.54) is 6.26 Å². The minimum absolute atomic E-state index is 0.104. The van der Waals surface area contributed by atoms with Gasteiger partial charge >= 0.3 is 0 Å². The van der Waals surface area contributed by atoms with Gasteiger partial charge in [0.15, 0.2) is 5.76 Å². The van der Waals surface area contributed by atoms with Crippen molar-refractivity contribution in [2.75, 3.05) is 45.2 Å². The first-order chi connectivity index (χ1) is 12.0. The van der Waals surface area contributed by atoms with Gasteiger partial charge in [-0.25, -0.2) is 9.97 Å². The third kappa shape index (κ3) is 3.47. The minimum Gasteiger partial charge on any atom is -0.459 e. The normalized spacial score (nSPS) is 14.5. The first-order valence-corrected chi connectivity index (χ1v) is 8.10. The monoisotopic (exact) mass is 343 g/mol. The Hall–Kier alpha value is -2.90. The summed E-state index contributed by atoms with van der Waals surface area (Å²) in [4.78, 5) is 38.8. The standard InChI is InChI=1S/C17H21N5O3/c1-12-13(11-18-17(19-12)20(2)3)15(23)21-6-8-22(9-7-21)16(24)14-5-4-10-25-14/h4-5,10-11H,6-9H2,1-3H3. The van der Waals surface area contributed by atoms with Crippen LogP contribution in [0.15, 0.2) is 29.0 Å². The first kappa shape index (κ1) is 16.9. The second kappa shape index (κ2) is 6.92. The summed E-state index contributed by atoms with van der Waals surface area (Å²) in [6, 6.07) is 3.33. The quantitative estimate of drug-likeness (QED) is 0.828. The maximum Gasteiger partial charge on any atom is 0.289 e. The van der Waals surface area contributed by atoms with Crippen molar-refractivity contribution in [3.05, 3.63) is 41.6 Å². The van der Waals surface area contributed by atoms with Crippen molar-refractivity contribution in [2.24, 2.45) is 0 Å². The van der Waals surface area contributed by atoms with Crippen molar-refractivity contribution in [3.8, 4) is 0 Å². The highest BCUT2D eigenvalue weighted by Crippen LogP contribution is 2.15. The average Bonchev–Trinajstić information content (AvgIpc) is 3.15. The number of rotatable bonds is 3. The summed E-state index contributed by atoms with van der Waals surface area (Å²) < 4.78 is 5.15. The number of amides is 2. The van der Waals surface area contributed by atoms with Gasteiger partial charge in [-0.1, -0.05) is 0 Å². The van der Waals surface area contributed by atoms with E-state index in [-0.39, 0.29) is 11.8 Å². The number of furan rings is 1. The summed E-state index contributed by atoms with van der Waals surface area (Å²) in [6.07, 6.45) is 3.05. The molecule has 1 aliphatic rings. The zero-order chi connectivity index (χ0) is 18.0. The minimum atomic E-state index is -0.146. The summed E-state index contributed by atoms with van der Waals surface area (Å²) in [5.74, 6) is 0.645. The number of nitrogens with zero attached hydrogens (tertiary/aromatic N) is 5. The molecule has 0 atom stereocenters. The molecule has 0 aliphatic carbocycles. The number of hydrogen-bond acceptors (Lipinski definition) is 6. The molecule has 1 aliphatic heterocycles. The van der Waals surface area contributed by atoms with E-state index >= 15 is 0 Å². The summed E-state index contributed by atoms with van der Waals surface area (Å²) >= 11 is 0. The van der Waals surface area contributed by atoms with Crippen LogP contribution in [-0.2, 0) is 0 Å². The molecule has 132 valence electrons. The SMILES string of the molecule is Cc1nc(N(C)C)ncc1C(=O)N1CCN(C(=O)c2ccco2)CC1. The van der Waals surface area contributed by atoms with E-state index in [4.69, 9.17) is 4.42 Å². The molecule has 1 saturated heterocycles. The number of carbonyl (C=O) groups excluding carboxylic acids is 2. The zero-order valence-corrected chi connectivity index (χ0v) is 14.6. The molecule has 0 spiro atoms. The predicted molar refractivity (Wildman–Crippen MR) is 91.6 cm³/mol. The number of aryl methyl sites for hydroxylation is 1. The Labute approximate surface area is 146 Å². The lowest BCUT2D eigenvalue weighted by Crippen LogP contribution is -2.50. The Morgan fingerprint density at radius 3 is 2.28 bits per heavy atom. The lowest BCUT2D eigenvalue weighted by atomic mass is 10.2. The summed E-state index contributed by atoms with van der Waals surface area (Å²) in [5.41, 5.74) is 1.15. The second-order valence-corrected chi connectivity index (χ2v) is 6.13. The molecular weight excluding hydrogens is 322 g/mol. The van der Waals surface area contributed by atoms with Crippen LogP contribution in [0.2, 0.25) is 0 Å². The van der Waals surface area contributed by atoms with E-state index in [0.29, 0.717) is 49.1 Å². The summed E-state index contributed by atoms with van der Waals surface area (Å²) in [6.45, 7) is 3.70. The first-order valence-electron chi connectivity index (χ1n) is 8.10. The molecular formula is C17H21N5O3.